The van der Waals surface area contributed by atoms with Crippen LogP contribution in [-0.2, 0) is 0 Å². The molecule has 20 heavy (non-hydrogen) atoms. The molecule has 1 aromatic heterocycles. The molecule has 1 N–H and O–H groups in total. The Bertz CT molecular complexity index is 647. The first kappa shape index (κ1) is 11.3. The van der Waals surface area contributed by atoms with E-state index in [9.17, 15) is 4.39 Å². The monoisotopic (exact) mass is 270 g/mol. The van der Waals surface area contributed by atoms with Crippen LogP contribution in [0.5, 0.6) is 0 Å². The zero-order chi connectivity index (χ0) is 13.3. The Morgan fingerprint density at radius 3 is 2.40 bits per heavy atom. The van der Waals surface area contributed by atoms with Crippen LogP contribution in [-0.4, -0.2) is 9.97 Å². The molecule has 1 heterocycles. The highest BCUT2D eigenvalue weighted by Gasteiger charge is 2.49. The molecule has 2 nitrogen and oxygen atoms in total. The van der Waals surface area contributed by atoms with Gasteiger partial charge in [-0.05, 0) is 74.0 Å². The van der Waals surface area contributed by atoms with Crippen molar-refractivity contribution in [2.24, 2.45) is 23.7 Å². The predicted molar refractivity (Wildman–Crippen MR) is 75.8 cm³/mol. The van der Waals surface area contributed by atoms with Crippen LogP contribution in [0.3, 0.4) is 0 Å². The quantitative estimate of drug-likeness (QED) is 0.825. The molecule has 4 saturated carbocycles. The Kier molecular flexibility index (Phi) is 2.17. The minimum absolute atomic E-state index is 0.183. The highest BCUT2D eigenvalue weighted by Crippen LogP contribution is 2.59. The van der Waals surface area contributed by atoms with Crippen molar-refractivity contribution in [3.63, 3.8) is 0 Å². The van der Waals surface area contributed by atoms with E-state index in [1.54, 1.807) is 12.1 Å². The second kappa shape index (κ2) is 3.84. The predicted octanol–water partition coefficient (Wildman–Crippen LogP) is 4.24. The summed E-state index contributed by atoms with van der Waals surface area (Å²) >= 11 is 0. The molecule has 0 unspecified atom stereocenters. The van der Waals surface area contributed by atoms with Crippen LogP contribution < -0.4 is 0 Å². The number of H-pyrrole nitrogens is 1. The smallest absolute Gasteiger partial charge is 0.125 e. The van der Waals surface area contributed by atoms with E-state index in [2.05, 4.69) is 4.98 Å². The molecular weight excluding hydrogens is 251 g/mol. The zero-order valence-electron chi connectivity index (χ0n) is 11.5. The average molecular weight is 270 g/mol. The van der Waals surface area contributed by atoms with Crippen LogP contribution in [0.1, 0.15) is 43.8 Å². The van der Waals surface area contributed by atoms with Crippen LogP contribution in [0.25, 0.3) is 11.0 Å². The number of halogens is 1. The summed E-state index contributed by atoms with van der Waals surface area (Å²) in [5.41, 5.74) is 1.77. The van der Waals surface area contributed by atoms with Gasteiger partial charge in [-0.15, -0.1) is 0 Å². The van der Waals surface area contributed by atoms with Crippen LogP contribution in [0.15, 0.2) is 18.2 Å². The molecule has 2 aromatic rings. The Hall–Kier alpha value is -1.38. The number of nitrogens with zero attached hydrogens (tertiary/aromatic N) is 1. The van der Waals surface area contributed by atoms with Gasteiger partial charge < -0.3 is 4.98 Å². The molecule has 0 aliphatic heterocycles. The van der Waals surface area contributed by atoms with Gasteiger partial charge in [0.2, 0.25) is 0 Å². The topological polar surface area (TPSA) is 28.7 Å². The maximum atomic E-state index is 13.3. The maximum Gasteiger partial charge on any atom is 0.125 e. The van der Waals surface area contributed by atoms with Gasteiger partial charge >= 0.3 is 0 Å². The van der Waals surface area contributed by atoms with Gasteiger partial charge in [0.1, 0.15) is 11.6 Å². The van der Waals surface area contributed by atoms with E-state index < -0.39 is 0 Å². The number of hydrogen-bond acceptors (Lipinski definition) is 1. The van der Waals surface area contributed by atoms with E-state index in [-0.39, 0.29) is 5.82 Å². The maximum absolute atomic E-state index is 13.3. The third-order valence-corrected chi connectivity index (χ3v) is 6.00. The second-order valence-corrected chi connectivity index (χ2v) is 7.24. The number of benzene rings is 1. The highest BCUT2D eigenvalue weighted by molar-refractivity contribution is 5.75. The van der Waals surface area contributed by atoms with E-state index in [0.717, 1.165) is 40.5 Å². The largest absolute Gasteiger partial charge is 0.342 e. The lowest BCUT2D eigenvalue weighted by Crippen LogP contribution is -2.44. The van der Waals surface area contributed by atoms with Gasteiger partial charge in [-0.25, -0.2) is 9.37 Å². The van der Waals surface area contributed by atoms with Crippen molar-refractivity contribution in [1.82, 2.24) is 9.97 Å². The number of aromatic amines is 1. The minimum atomic E-state index is -0.183. The zero-order valence-corrected chi connectivity index (χ0v) is 11.5. The molecule has 1 aromatic carbocycles. The van der Waals surface area contributed by atoms with Crippen LogP contribution in [0.2, 0.25) is 0 Å². The lowest BCUT2D eigenvalue weighted by atomic mass is 9.52. The average Bonchev–Trinajstić information content (AvgIpc) is 2.79. The molecule has 4 bridgehead atoms. The fourth-order valence-electron chi connectivity index (χ4n) is 5.53. The van der Waals surface area contributed by atoms with Crippen molar-refractivity contribution < 1.29 is 4.39 Å². The van der Waals surface area contributed by atoms with Gasteiger partial charge in [0.15, 0.2) is 0 Å². The second-order valence-electron chi connectivity index (χ2n) is 7.24. The molecule has 104 valence electrons. The van der Waals surface area contributed by atoms with Crippen LogP contribution in [0.4, 0.5) is 4.39 Å². The molecule has 0 saturated heterocycles. The van der Waals surface area contributed by atoms with E-state index in [1.165, 1.54) is 38.2 Å². The van der Waals surface area contributed by atoms with Crippen LogP contribution in [0, 0.1) is 29.5 Å². The molecule has 0 spiro atoms. The third-order valence-electron chi connectivity index (χ3n) is 6.00. The highest BCUT2D eigenvalue weighted by atomic mass is 19.1. The van der Waals surface area contributed by atoms with Crippen molar-refractivity contribution in [1.29, 1.82) is 0 Å². The first-order chi connectivity index (χ1) is 9.76. The van der Waals surface area contributed by atoms with Crippen molar-refractivity contribution in [3.05, 3.63) is 29.8 Å². The summed E-state index contributed by atoms with van der Waals surface area (Å²) in [6, 6.07) is 4.87. The lowest BCUT2D eigenvalue weighted by molar-refractivity contribution is -0.00528. The summed E-state index contributed by atoms with van der Waals surface area (Å²) in [6.07, 6.45) is 7.04. The van der Waals surface area contributed by atoms with Gasteiger partial charge in [-0.3, -0.25) is 0 Å². The number of fused-ring (bicyclic) bond motifs is 1. The van der Waals surface area contributed by atoms with Gasteiger partial charge in [-0.1, -0.05) is 0 Å². The molecule has 4 aliphatic rings. The first-order valence-electron chi connectivity index (χ1n) is 7.91. The van der Waals surface area contributed by atoms with E-state index in [1.807, 2.05) is 0 Å². The molecule has 0 atom stereocenters. The summed E-state index contributed by atoms with van der Waals surface area (Å²) in [4.78, 5) is 8.19. The Balaban J connectivity index is 1.57. The van der Waals surface area contributed by atoms with Crippen LogP contribution >= 0.6 is 0 Å². The number of imidazole rings is 1. The molecule has 4 aliphatic carbocycles. The van der Waals surface area contributed by atoms with Crippen molar-refractivity contribution in [3.8, 4) is 0 Å². The van der Waals surface area contributed by atoms with Crippen molar-refractivity contribution in [2.75, 3.05) is 0 Å². The fraction of sp³-hybridized carbons (Fsp3) is 0.588. The fourth-order valence-corrected chi connectivity index (χ4v) is 5.53. The Morgan fingerprint density at radius 1 is 1.00 bits per heavy atom. The standard InChI is InChI=1S/C17H19FN2/c18-13-1-2-14-15(8-13)20-17(19-14)16-11-4-9-3-10(6-11)7-12(16)5-9/h1-2,8-12,16H,3-7H2,(H,19,20). The molecule has 0 radical (unpaired) electrons. The summed E-state index contributed by atoms with van der Waals surface area (Å²) < 4.78 is 13.3. The molecular formula is C17H19FN2. The molecule has 6 rings (SSSR count). The summed E-state index contributed by atoms with van der Waals surface area (Å²) in [7, 11) is 0. The third kappa shape index (κ3) is 1.52. The SMILES string of the molecule is Fc1ccc2nc(C3C4CC5CC(C4)CC3C5)[nH]c2c1. The summed E-state index contributed by atoms with van der Waals surface area (Å²) in [5, 5.41) is 0. The summed E-state index contributed by atoms with van der Waals surface area (Å²) in [6.45, 7) is 0. The van der Waals surface area contributed by atoms with Gasteiger partial charge in [0.05, 0.1) is 11.0 Å². The molecule has 3 heteroatoms. The molecule has 4 fully saturated rings. The van der Waals surface area contributed by atoms with Crippen molar-refractivity contribution >= 4 is 11.0 Å². The van der Waals surface area contributed by atoms with E-state index >= 15 is 0 Å². The van der Waals surface area contributed by atoms with Gasteiger partial charge in [-0.2, -0.15) is 0 Å². The normalized spacial score (nSPS) is 38.8. The van der Waals surface area contributed by atoms with E-state index in [0.29, 0.717) is 5.92 Å². The molecule has 0 amide bonds. The van der Waals surface area contributed by atoms with Crippen molar-refractivity contribution in [2.45, 2.75) is 38.0 Å². The first-order valence-corrected chi connectivity index (χ1v) is 7.91. The Morgan fingerprint density at radius 2 is 1.70 bits per heavy atom. The number of aromatic nitrogens is 2. The summed E-state index contributed by atoms with van der Waals surface area (Å²) in [5.74, 6) is 5.13. The lowest BCUT2D eigenvalue weighted by Gasteiger charge is -2.53. The number of hydrogen-bond donors (Lipinski definition) is 1. The Labute approximate surface area is 117 Å². The van der Waals surface area contributed by atoms with Gasteiger partial charge in [0.25, 0.3) is 0 Å². The number of nitrogens with one attached hydrogen (secondary N) is 1. The number of rotatable bonds is 1. The van der Waals surface area contributed by atoms with Gasteiger partial charge in [0, 0.05) is 5.92 Å². The van der Waals surface area contributed by atoms with E-state index in [4.69, 9.17) is 4.98 Å². The minimum Gasteiger partial charge on any atom is -0.342 e.